The Kier molecular flexibility index (Phi) is 11.4. The molecule has 0 aromatic heterocycles. The van der Waals surface area contributed by atoms with Gasteiger partial charge in [-0.15, -0.1) is 6.58 Å². The van der Waals surface area contributed by atoms with Crippen LogP contribution in [0.3, 0.4) is 0 Å². The second-order valence-corrected chi connectivity index (χ2v) is 14.4. The van der Waals surface area contributed by atoms with Gasteiger partial charge in [0.1, 0.15) is 30.3 Å². The van der Waals surface area contributed by atoms with Gasteiger partial charge in [0.25, 0.3) is 0 Å². The van der Waals surface area contributed by atoms with E-state index in [9.17, 15) is 24.2 Å². The van der Waals surface area contributed by atoms with Crippen LogP contribution in [0.25, 0.3) is 0 Å². The monoisotopic (exact) mass is 691 g/mol. The van der Waals surface area contributed by atoms with Crippen molar-refractivity contribution in [1.29, 1.82) is 0 Å². The molecule has 2 aliphatic heterocycles. The number of fused-ring (bicyclic) bond motifs is 1. The number of benzene rings is 3. The number of amides is 4. The number of hydrazine groups is 1. The molecule has 12 nitrogen and oxygen atoms in total. The maximum absolute atomic E-state index is 14.2. The maximum Gasteiger partial charge on any atom is 0.334 e. The highest BCUT2D eigenvalue weighted by Gasteiger charge is 2.51. The number of hydrogen-bond donors (Lipinski definition) is 3. The molecule has 0 bridgehead atoms. The summed E-state index contributed by atoms with van der Waals surface area (Å²) in [4.78, 5) is 64.5. The second-order valence-electron chi connectivity index (χ2n) is 11.4. The number of ether oxygens (including phenoxy) is 1. The van der Waals surface area contributed by atoms with Crippen molar-refractivity contribution < 1.29 is 33.4 Å². The molecule has 4 amide bonds. The zero-order valence-electron chi connectivity index (χ0n) is 26.4. The van der Waals surface area contributed by atoms with Crippen LogP contribution in [0.5, 0.6) is 11.5 Å². The van der Waals surface area contributed by atoms with Crippen LogP contribution >= 0.6 is 15.8 Å². The minimum Gasteiger partial charge on any atom is -0.490 e. The van der Waals surface area contributed by atoms with Crippen molar-refractivity contribution in [1.82, 2.24) is 25.1 Å². The van der Waals surface area contributed by atoms with E-state index in [0.29, 0.717) is 17.9 Å². The molecule has 0 spiro atoms. The molecule has 0 saturated carbocycles. The van der Waals surface area contributed by atoms with Gasteiger partial charge in [-0.05, 0) is 49.5 Å². The quantitative estimate of drug-likeness (QED) is 0.180. The fourth-order valence-electron chi connectivity index (χ4n) is 5.82. The molecular weight excluding hydrogens is 652 g/mol. The molecule has 0 radical (unpaired) electrons. The Hall–Kier alpha value is -4.44. The standard InChI is InChI=1S/C34H39N5O7P2/c1-3-18-37-24-32(40)38-30(20-25-10-16-29(17-11-25)46-48(43,44)47)33(41)36(22-27-12-14-28(15-13-27)45-19-4-2)23-31(38)39(37)34(42)35-21-26-8-6-5-7-9-26/h3-17,30-31,43-44,47H,1-2,18-24H2,(H,35,42)/t30-,31-/m0/s1. The third kappa shape index (κ3) is 8.72. The predicted molar refractivity (Wildman–Crippen MR) is 185 cm³/mol. The van der Waals surface area contributed by atoms with E-state index in [0.717, 1.165) is 11.1 Å². The highest BCUT2D eigenvalue weighted by atomic mass is 31.8. The van der Waals surface area contributed by atoms with E-state index >= 15 is 0 Å². The van der Waals surface area contributed by atoms with Gasteiger partial charge >= 0.3 is 13.3 Å². The number of nitrogens with one attached hydrogen (secondary N) is 1. The molecule has 3 aromatic carbocycles. The first kappa shape index (κ1) is 34.9. The maximum atomic E-state index is 14.2. The van der Waals surface area contributed by atoms with Gasteiger partial charge in [-0.3, -0.25) is 9.59 Å². The van der Waals surface area contributed by atoms with Gasteiger partial charge in [0.15, 0.2) is 0 Å². The van der Waals surface area contributed by atoms with Gasteiger partial charge in [0, 0.05) is 26.1 Å². The zero-order valence-corrected chi connectivity index (χ0v) is 28.2. The van der Waals surface area contributed by atoms with E-state index in [1.165, 1.54) is 9.91 Å². The third-order valence-corrected chi connectivity index (χ3v) is 8.65. The molecule has 2 heterocycles. The van der Waals surface area contributed by atoms with E-state index in [2.05, 4.69) is 27.0 Å². The summed E-state index contributed by atoms with van der Waals surface area (Å²) in [5.74, 6) is 0.340. The summed E-state index contributed by atoms with van der Waals surface area (Å²) < 4.78 is 10.7. The molecule has 2 aliphatic rings. The van der Waals surface area contributed by atoms with Gasteiger partial charge in [0.2, 0.25) is 11.8 Å². The lowest BCUT2D eigenvalue weighted by Gasteiger charge is -2.55. The lowest BCUT2D eigenvalue weighted by atomic mass is 9.98. The van der Waals surface area contributed by atoms with Gasteiger partial charge in [-0.2, -0.15) is 0 Å². The summed E-state index contributed by atoms with van der Waals surface area (Å²) in [5.41, 5.74) is 2.47. The first-order chi connectivity index (χ1) is 23.1. The molecule has 252 valence electrons. The van der Waals surface area contributed by atoms with Crippen molar-refractivity contribution in [2.75, 3.05) is 26.2 Å². The van der Waals surface area contributed by atoms with Crippen molar-refractivity contribution in [2.45, 2.75) is 31.7 Å². The molecule has 2 fully saturated rings. The lowest BCUT2D eigenvalue weighted by Crippen LogP contribution is -2.76. The minimum absolute atomic E-state index is 0.0822. The Bertz CT molecular complexity index is 1670. The number of urea groups is 1. The largest absolute Gasteiger partial charge is 0.490 e. The molecule has 3 N–H and O–H groups in total. The molecule has 3 aromatic rings. The summed E-state index contributed by atoms with van der Waals surface area (Å²) in [5, 5.41) is 6.17. The zero-order chi connectivity index (χ0) is 34.3. The Morgan fingerprint density at radius 2 is 1.60 bits per heavy atom. The average molecular weight is 692 g/mol. The van der Waals surface area contributed by atoms with Crippen LogP contribution in [-0.4, -0.2) is 85.9 Å². The Labute approximate surface area is 282 Å². The molecular formula is C34H39N5O7P2. The van der Waals surface area contributed by atoms with E-state index in [1.807, 2.05) is 54.6 Å². The molecule has 2 atom stereocenters. The molecule has 0 unspecified atom stereocenters. The molecule has 48 heavy (non-hydrogen) atoms. The lowest BCUT2D eigenvalue weighted by molar-refractivity contribution is -0.189. The highest BCUT2D eigenvalue weighted by molar-refractivity contribution is 7.88. The van der Waals surface area contributed by atoms with Crippen molar-refractivity contribution in [2.24, 2.45) is 0 Å². The number of carbonyl (C=O) groups is 3. The van der Waals surface area contributed by atoms with Gasteiger partial charge in [-0.25, -0.2) is 14.8 Å². The van der Waals surface area contributed by atoms with E-state index in [4.69, 9.17) is 9.26 Å². The molecule has 0 aliphatic carbocycles. The van der Waals surface area contributed by atoms with Crippen molar-refractivity contribution in [3.8, 4) is 11.5 Å². The van der Waals surface area contributed by atoms with Gasteiger partial charge < -0.3 is 34.2 Å². The SMILES string of the molecule is C=CCOc1ccc(CN2C[C@H]3N(C(=O)CN(CC=C)N3C(=O)NCc3ccccc3)[C@@H](Cc3ccc(OP(O)(O)=P)cc3)C2=O)cc1. The third-order valence-electron chi connectivity index (χ3n) is 7.91. The van der Waals surface area contributed by atoms with Crippen LogP contribution in [-0.2, 0) is 29.1 Å². The number of carbonyl (C=O) groups excluding carboxylic acids is 3. The summed E-state index contributed by atoms with van der Waals surface area (Å²) in [6.45, 7) is 8.60. The van der Waals surface area contributed by atoms with Crippen LogP contribution in [0.2, 0.25) is 0 Å². The van der Waals surface area contributed by atoms with Crippen LogP contribution < -0.4 is 14.6 Å². The predicted octanol–water partition coefficient (Wildman–Crippen LogP) is 4.17. The van der Waals surface area contributed by atoms with E-state index in [-0.39, 0.29) is 56.7 Å². The van der Waals surface area contributed by atoms with E-state index in [1.54, 1.807) is 46.3 Å². The normalized spacial score (nSPS) is 18.2. The Balaban J connectivity index is 1.46. The second kappa shape index (κ2) is 15.6. The van der Waals surface area contributed by atoms with Crippen molar-refractivity contribution >= 4 is 33.6 Å². The van der Waals surface area contributed by atoms with Crippen LogP contribution in [0.15, 0.2) is 104 Å². The molecule has 14 heteroatoms. The fraction of sp³-hybridized carbons (Fsp3) is 0.265. The minimum atomic E-state index is -3.71. The van der Waals surface area contributed by atoms with Crippen LogP contribution in [0.4, 0.5) is 4.79 Å². The first-order valence-corrected chi connectivity index (χ1v) is 18.3. The van der Waals surface area contributed by atoms with E-state index < -0.39 is 25.5 Å². The topological polar surface area (TPSA) is 135 Å². The summed E-state index contributed by atoms with van der Waals surface area (Å²) >= 11 is 0. The number of nitrogens with zero attached hydrogens (tertiary/aromatic N) is 4. The Morgan fingerprint density at radius 1 is 0.938 bits per heavy atom. The summed E-state index contributed by atoms with van der Waals surface area (Å²) in [7, 11) is -0.930. The first-order valence-electron chi connectivity index (χ1n) is 15.3. The van der Waals surface area contributed by atoms with Crippen molar-refractivity contribution in [3.63, 3.8) is 0 Å². The fourth-order valence-corrected chi connectivity index (χ4v) is 6.55. The van der Waals surface area contributed by atoms with Gasteiger partial charge in [-0.1, -0.05) is 73.3 Å². The van der Waals surface area contributed by atoms with Crippen LogP contribution in [0.1, 0.15) is 16.7 Å². The Morgan fingerprint density at radius 3 is 2.25 bits per heavy atom. The number of rotatable bonds is 13. The highest BCUT2D eigenvalue weighted by Crippen LogP contribution is 2.43. The summed E-state index contributed by atoms with van der Waals surface area (Å²) in [6, 6.07) is 22.1. The summed E-state index contributed by atoms with van der Waals surface area (Å²) in [6.07, 6.45) is 2.64. The van der Waals surface area contributed by atoms with Crippen molar-refractivity contribution in [3.05, 3.63) is 121 Å². The molecule has 2 saturated heterocycles. The number of piperazine rings is 1. The number of hydrogen-bond acceptors (Lipinski definition) is 6. The van der Waals surface area contributed by atoms with Crippen LogP contribution in [0, 0.1) is 0 Å². The average Bonchev–Trinajstić information content (AvgIpc) is 3.06. The molecule has 5 rings (SSSR count). The smallest absolute Gasteiger partial charge is 0.334 e. The van der Waals surface area contributed by atoms with Gasteiger partial charge in [0.05, 0.1) is 13.1 Å².